The van der Waals surface area contributed by atoms with Crippen molar-refractivity contribution in [3.8, 4) is 11.3 Å². The number of halogens is 1. The first-order valence-electron chi connectivity index (χ1n) is 5.95. The summed E-state index contributed by atoms with van der Waals surface area (Å²) >= 11 is 0. The Bertz CT molecular complexity index is 826. The summed E-state index contributed by atoms with van der Waals surface area (Å²) in [6.07, 6.45) is 3.61. The number of imidazole rings is 1. The fraction of sp³-hybridized carbons (Fsp3) is 0.0714. The minimum Gasteiger partial charge on any atom is -0.306 e. The average molecular weight is 271 g/mol. The van der Waals surface area contributed by atoms with E-state index in [1.165, 1.54) is 12.1 Å². The molecule has 0 saturated carbocycles. The van der Waals surface area contributed by atoms with Crippen molar-refractivity contribution in [1.82, 2.24) is 9.38 Å². The van der Waals surface area contributed by atoms with Crippen LogP contribution in [0.2, 0.25) is 0 Å². The first-order valence-corrected chi connectivity index (χ1v) is 5.95. The van der Waals surface area contributed by atoms with Crippen LogP contribution in [0.15, 0.2) is 42.7 Å². The predicted octanol–water partition coefficient (Wildman–Crippen LogP) is 3.36. The lowest BCUT2D eigenvalue weighted by Gasteiger charge is -1.97. The Kier molecular flexibility index (Phi) is 2.71. The molecule has 1 aromatic carbocycles. The van der Waals surface area contributed by atoms with E-state index in [4.69, 9.17) is 0 Å². The van der Waals surface area contributed by atoms with E-state index in [1.807, 2.05) is 29.7 Å². The van der Waals surface area contributed by atoms with Crippen LogP contribution in [-0.4, -0.2) is 14.3 Å². The number of fused-ring (bicyclic) bond motifs is 1. The average Bonchev–Trinajstić information content (AvgIpc) is 2.84. The van der Waals surface area contributed by atoms with Crippen LogP contribution in [-0.2, 0) is 0 Å². The third-order valence-corrected chi connectivity index (χ3v) is 3.12. The molecule has 0 bridgehead atoms. The van der Waals surface area contributed by atoms with E-state index in [2.05, 4.69) is 4.98 Å². The Labute approximate surface area is 113 Å². The molecule has 0 amide bonds. The van der Waals surface area contributed by atoms with Crippen molar-refractivity contribution in [3.63, 3.8) is 0 Å². The molecule has 0 fully saturated rings. The quantitative estimate of drug-likeness (QED) is 0.530. The van der Waals surface area contributed by atoms with Gasteiger partial charge in [-0.3, -0.25) is 10.1 Å². The molecule has 3 rings (SSSR count). The molecule has 2 aromatic heterocycles. The van der Waals surface area contributed by atoms with Crippen molar-refractivity contribution in [2.75, 3.05) is 0 Å². The van der Waals surface area contributed by atoms with E-state index in [-0.39, 0.29) is 0 Å². The van der Waals surface area contributed by atoms with Gasteiger partial charge in [0.25, 0.3) is 0 Å². The van der Waals surface area contributed by atoms with E-state index in [9.17, 15) is 14.5 Å². The van der Waals surface area contributed by atoms with Gasteiger partial charge in [-0.05, 0) is 30.7 Å². The summed E-state index contributed by atoms with van der Waals surface area (Å²) < 4.78 is 15.2. The smallest absolute Gasteiger partial charge is 0.305 e. The summed E-state index contributed by atoms with van der Waals surface area (Å²) in [6.45, 7) is 1.93. The van der Waals surface area contributed by atoms with Crippen molar-refractivity contribution in [2.24, 2.45) is 0 Å². The second-order valence-corrected chi connectivity index (χ2v) is 4.47. The van der Waals surface area contributed by atoms with Crippen LogP contribution >= 0.6 is 0 Å². The maximum absolute atomic E-state index is 13.3. The Balaban J connectivity index is 2.18. The van der Waals surface area contributed by atoms with Crippen LogP contribution in [0.25, 0.3) is 16.9 Å². The summed E-state index contributed by atoms with van der Waals surface area (Å²) in [5, 5.41) is 10.8. The molecule has 2 heterocycles. The monoisotopic (exact) mass is 271 g/mol. The lowest BCUT2D eigenvalue weighted by Crippen LogP contribution is -1.92. The molecular weight excluding hydrogens is 261 g/mol. The van der Waals surface area contributed by atoms with Crippen LogP contribution in [0.3, 0.4) is 0 Å². The van der Waals surface area contributed by atoms with Crippen molar-refractivity contribution >= 4 is 11.3 Å². The summed E-state index contributed by atoms with van der Waals surface area (Å²) in [5.41, 5.74) is 2.31. The van der Waals surface area contributed by atoms with Gasteiger partial charge < -0.3 is 4.40 Å². The molecule has 3 aromatic rings. The molecule has 0 unspecified atom stereocenters. The lowest BCUT2D eigenvalue weighted by molar-refractivity contribution is -0.387. The third kappa shape index (κ3) is 1.91. The van der Waals surface area contributed by atoms with Crippen LogP contribution in [0, 0.1) is 22.9 Å². The summed E-state index contributed by atoms with van der Waals surface area (Å²) in [4.78, 5) is 14.5. The van der Waals surface area contributed by atoms with Crippen molar-refractivity contribution < 1.29 is 9.31 Å². The Hall–Kier alpha value is -2.76. The normalized spacial score (nSPS) is 10.9. The van der Waals surface area contributed by atoms with Gasteiger partial charge in [-0.15, -0.1) is 0 Å². The molecule has 5 nitrogen and oxygen atoms in total. The Morgan fingerprint density at radius 3 is 2.85 bits per heavy atom. The summed E-state index contributed by atoms with van der Waals surface area (Å²) in [6, 6.07) is 7.59. The minimum atomic E-state index is -0.848. The zero-order valence-corrected chi connectivity index (χ0v) is 10.6. The number of benzene rings is 1. The van der Waals surface area contributed by atoms with E-state index in [0.717, 1.165) is 17.3 Å². The second kappa shape index (κ2) is 4.41. The molecule has 6 heteroatoms. The summed E-state index contributed by atoms with van der Waals surface area (Å²) in [7, 11) is 0. The highest BCUT2D eigenvalue weighted by atomic mass is 19.1. The topological polar surface area (TPSA) is 60.4 Å². The Morgan fingerprint density at radius 2 is 2.15 bits per heavy atom. The maximum Gasteiger partial charge on any atom is 0.305 e. The molecule has 0 aliphatic heterocycles. The first-order chi connectivity index (χ1) is 9.56. The lowest BCUT2D eigenvalue weighted by atomic mass is 10.1. The molecule has 100 valence electrons. The number of nitrogens with zero attached hydrogens (tertiary/aromatic N) is 3. The van der Waals surface area contributed by atoms with Gasteiger partial charge in [-0.1, -0.05) is 6.07 Å². The minimum absolute atomic E-state index is 0.515. The second-order valence-electron chi connectivity index (χ2n) is 4.47. The van der Waals surface area contributed by atoms with E-state index in [0.29, 0.717) is 11.3 Å². The van der Waals surface area contributed by atoms with Gasteiger partial charge >= 0.3 is 5.69 Å². The van der Waals surface area contributed by atoms with E-state index >= 15 is 0 Å². The highest BCUT2D eigenvalue weighted by molar-refractivity contribution is 5.66. The van der Waals surface area contributed by atoms with Gasteiger partial charge in [-0.25, -0.2) is 4.98 Å². The van der Waals surface area contributed by atoms with Gasteiger partial charge in [0.2, 0.25) is 5.82 Å². The molecule has 0 radical (unpaired) electrons. The van der Waals surface area contributed by atoms with Crippen molar-refractivity contribution in [2.45, 2.75) is 6.92 Å². The molecule has 0 spiro atoms. The number of aromatic nitrogens is 2. The molecule has 0 aliphatic rings. The number of nitro benzene ring substituents is 1. The van der Waals surface area contributed by atoms with Crippen LogP contribution < -0.4 is 0 Å². The number of rotatable bonds is 2. The maximum atomic E-state index is 13.3. The van der Waals surface area contributed by atoms with Gasteiger partial charge in [0.1, 0.15) is 5.65 Å². The van der Waals surface area contributed by atoms with Crippen LogP contribution in [0.4, 0.5) is 10.1 Å². The number of hydrogen-bond acceptors (Lipinski definition) is 3. The zero-order chi connectivity index (χ0) is 14.3. The molecule has 20 heavy (non-hydrogen) atoms. The van der Waals surface area contributed by atoms with Crippen molar-refractivity contribution in [3.05, 3.63) is 64.2 Å². The summed E-state index contributed by atoms with van der Waals surface area (Å²) in [5.74, 6) is -0.848. The first kappa shape index (κ1) is 12.3. The number of pyridine rings is 1. The van der Waals surface area contributed by atoms with Gasteiger partial charge in [0.15, 0.2) is 0 Å². The molecule has 0 aliphatic carbocycles. The van der Waals surface area contributed by atoms with E-state index in [1.54, 1.807) is 6.20 Å². The van der Waals surface area contributed by atoms with Gasteiger partial charge in [0.05, 0.1) is 10.6 Å². The molecule has 0 atom stereocenters. The standard InChI is InChI=1S/C14H10FN3O2/c1-9-3-2-6-17-8-12(16-14(9)17)10-4-5-11(15)13(7-10)18(19)20/h2-8H,1H3. The van der Waals surface area contributed by atoms with Crippen molar-refractivity contribution in [1.29, 1.82) is 0 Å². The number of hydrogen-bond donors (Lipinski definition) is 0. The van der Waals surface area contributed by atoms with Gasteiger partial charge in [-0.2, -0.15) is 4.39 Å². The zero-order valence-electron chi connectivity index (χ0n) is 10.6. The van der Waals surface area contributed by atoms with Gasteiger partial charge in [0, 0.05) is 24.0 Å². The van der Waals surface area contributed by atoms with E-state index < -0.39 is 16.4 Å². The molecule has 0 N–H and O–H groups in total. The highest BCUT2D eigenvalue weighted by Gasteiger charge is 2.16. The SMILES string of the molecule is Cc1cccn2cc(-c3ccc(F)c([N+](=O)[O-])c3)nc12. The predicted molar refractivity (Wildman–Crippen MR) is 72.0 cm³/mol. The molecular formula is C14H10FN3O2. The number of aryl methyl sites for hydroxylation is 1. The third-order valence-electron chi connectivity index (χ3n) is 3.12. The highest BCUT2D eigenvalue weighted by Crippen LogP contribution is 2.26. The number of nitro groups is 1. The fourth-order valence-corrected chi connectivity index (χ4v) is 2.10. The largest absolute Gasteiger partial charge is 0.306 e. The van der Waals surface area contributed by atoms with Crippen LogP contribution in [0.1, 0.15) is 5.56 Å². The fourth-order valence-electron chi connectivity index (χ4n) is 2.10. The van der Waals surface area contributed by atoms with Crippen LogP contribution in [0.5, 0.6) is 0 Å². The molecule has 0 saturated heterocycles. The Morgan fingerprint density at radius 1 is 1.35 bits per heavy atom.